The zero-order valence-electron chi connectivity index (χ0n) is 10.5. The average Bonchev–Trinajstić information content (AvgIpc) is 2.36. The van der Waals surface area contributed by atoms with E-state index in [9.17, 15) is 13.2 Å². The summed E-state index contributed by atoms with van der Waals surface area (Å²) in [6.45, 7) is 1.86. The van der Waals surface area contributed by atoms with Gasteiger partial charge >= 0.3 is 6.18 Å². The van der Waals surface area contributed by atoms with Crippen LogP contribution in [-0.2, 0) is 12.7 Å². The van der Waals surface area contributed by atoms with E-state index in [1.807, 2.05) is 24.3 Å². The molecule has 1 aromatic heterocycles. The van der Waals surface area contributed by atoms with Crippen LogP contribution in [0.2, 0.25) is 0 Å². The van der Waals surface area contributed by atoms with Gasteiger partial charge in [0.2, 0.25) is 5.95 Å². The van der Waals surface area contributed by atoms with Gasteiger partial charge in [0.1, 0.15) is 5.69 Å². The van der Waals surface area contributed by atoms with Crippen molar-refractivity contribution in [1.29, 1.82) is 0 Å². The number of halogens is 4. The predicted octanol–water partition coefficient (Wildman–Crippen LogP) is 4.18. The lowest BCUT2D eigenvalue weighted by Gasteiger charge is -2.10. The van der Waals surface area contributed by atoms with E-state index >= 15 is 0 Å². The Bertz CT molecular complexity index is 597. The van der Waals surface area contributed by atoms with Crippen molar-refractivity contribution < 1.29 is 13.2 Å². The maximum Gasteiger partial charge on any atom is 0.433 e. The highest BCUT2D eigenvalue weighted by atomic mass is 79.9. The molecule has 0 aliphatic carbocycles. The zero-order valence-corrected chi connectivity index (χ0v) is 12.1. The van der Waals surface area contributed by atoms with Gasteiger partial charge in [-0.05, 0) is 30.7 Å². The van der Waals surface area contributed by atoms with Crippen LogP contribution in [0.1, 0.15) is 17.0 Å². The molecule has 106 valence electrons. The summed E-state index contributed by atoms with van der Waals surface area (Å²) in [6, 6.07) is 8.35. The molecule has 0 unspecified atom stereocenters. The van der Waals surface area contributed by atoms with Crippen LogP contribution in [0.4, 0.5) is 19.1 Å². The van der Waals surface area contributed by atoms with Crippen LogP contribution in [0.25, 0.3) is 0 Å². The van der Waals surface area contributed by atoms with Gasteiger partial charge in [-0.3, -0.25) is 0 Å². The molecule has 1 heterocycles. The third kappa shape index (κ3) is 3.93. The number of hydrogen-bond acceptors (Lipinski definition) is 3. The normalized spacial score (nSPS) is 11.4. The molecule has 2 rings (SSSR count). The summed E-state index contributed by atoms with van der Waals surface area (Å²) in [5, 5.41) is 2.80. The molecular formula is C13H11BrF3N3. The topological polar surface area (TPSA) is 37.8 Å². The van der Waals surface area contributed by atoms with Crippen molar-refractivity contribution in [3.05, 3.63) is 51.8 Å². The Kier molecular flexibility index (Phi) is 4.27. The molecule has 0 bridgehead atoms. The Morgan fingerprint density at radius 1 is 1.15 bits per heavy atom. The number of alkyl halides is 3. The first-order chi connectivity index (χ1) is 9.34. The summed E-state index contributed by atoms with van der Waals surface area (Å²) in [7, 11) is 0. The molecule has 0 radical (unpaired) electrons. The van der Waals surface area contributed by atoms with Crippen LogP contribution in [-0.4, -0.2) is 9.97 Å². The number of nitrogens with one attached hydrogen (secondary N) is 1. The highest BCUT2D eigenvalue weighted by Crippen LogP contribution is 2.28. The van der Waals surface area contributed by atoms with E-state index in [1.165, 1.54) is 6.92 Å². The first-order valence-corrected chi connectivity index (χ1v) is 6.55. The zero-order chi connectivity index (χ0) is 14.8. The lowest BCUT2D eigenvalue weighted by atomic mass is 10.2. The van der Waals surface area contributed by atoms with Gasteiger partial charge in [-0.2, -0.15) is 13.2 Å². The van der Waals surface area contributed by atoms with E-state index in [0.717, 1.165) is 16.1 Å². The molecule has 0 spiro atoms. The maximum absolute atomic E-state index is 12.6. The van der Waals surface area contributed by atoms with Gasteiger partial charge in [0.05, 0.1) is 0 Å². The SMILES string of the molecule is Cc1cc(C(F)(F)F)nc(NCc2ccc(Br)cc2)n1. The molecule has 2 aromatic rings. The van der Waals surface area contributed by atoms with Gasteiger partial charge < -0.3 is 5.32 Å². The summed E-state index contributed by atoms with van der Waals surface area (Å²) in [5.74, 6) is -0.0276. The Morgan fingerprint density at radius 3 is 2.40 bits per heavy atom. The van der Waals surface area contributed by atoms with Crippen LogP contribution in [0.5, 0.6) is 0 Å². The molecule has 0 saturated carbocycles. The highest BCUT2D eigenvalue weighted by Gasteiger charge is 2.33. The van der Waals surface area contributed by atoms with Gasteiger partial charge in [0, 0.05) is 16.7 Å². The molecule has 0 amide bonds. The van der Waals surface area contributed by atoms with Crippen molar-refractivity contribution in [3.63, 3.8) is 0 Å². The van der Waals surface area contributed by atoms with E-state index in [-0.39, 0.29) is 11.6 Å². The summed E-state index contributed by atoms with van der Waals surface area (Å²) in [4.78, 5) is 7.43. The van der Waals surface area contributed by atoms with Gasteiger partial charge in [0.15, 0.2) is 0 Å². The van der Waals surface area contributed by atoms with Crippen molar-refractivity contribution >= 4 is 21.9 Å². The fraction of sp³-hybridized carbons (Fsp3) is 0.231. The van der Waals surface area contributed by atoms with E-state index in [1.54, 1.807) is 0 Å². The molecule has 3 nitrogen and oxygen atoms in total. The number of anilines is 1. The minimum absolute atomic E-state index is 0.0276. The molecule has 20 heavy (non-hydrogen) atoms. The van der Waals surface area contributed by atoms with E-state index in [4.69, 9.17) is 0 Å². The number of hydrogen-bond donors (Lipinski definition) is 1. The number of aromatic nitrogens is 2. The molecule has 0 aliphatic rings. The van der Waals surface area contributed by atoms with Gasteiger partial charge in [0.25, 0.3) is 0 Å². The number of aryl methyl sites for hydroxylation is 1. The summed E-state index contributed by atoms with van der Waals surface area (Å²) in [5.41, 5.74) is 0.251. The summed E-state index contributed by atoms with van der Waals surface area (Å²) < 4.78 is 38.8. The maximum atomic E-state index is 12.6. The fourth-order valence-electron chi connectivity index (χ4n) is 1.58. The van der Waals surface area contributed by atoms with Crippen LogP contribution < -0.4 is 5.32 Å². The molecule has 0 fully saturated rings. The molecular weight excluding hydrogens is 335 g/mol. The standard InChI is InChI=1S/C13H11BrF3N3/c1-8-6-11(13(15,16)17)20-12(19-8)18-7-9-2-4-10(14)5-3-9/h2-6H,7H2,1H3,(H,18,19,20). The second-order valence-corrected chi connectivity index (χ2v) is 5.11. The molecule has 7 heteroatoms. The lowest BCUT2D eigenvalue weighted by molar-refractivity contribution is -0.141. The van der Waals surface area contributed by atoms with Crippen molar-refractivity contribution in [3.8, 4) is 0 Å². The molecule has 0 atom stereocenters. The second kappa shape index (κ2) is 5.78. The van der Waals surface area contributed by atoms with Crippen LogP contribution in [0, 0.1) is 6.92 Å². The Morgan fingerprint density at radius 2 is 1.80 bits per heavy atom. The highest BCUT2D eigenvalue weighted by molar-refractivity contribution is 9.10. The van der Waals surface area contributed by atoms with Crippen LogP contribution in [0.15, 0.2) is 34.8 Å². The second-order valence-electron chi connectivity index (χ2n) is 4.20. The van der Waals surface area contributed by atoms with Crippen molar-refractivity contribution in [2.45, 2.75) is 19.6 Å². The van der Waals surface area contributed by atoms with Crippen molar-refractivity contribution in [2.24, 2.45) is 0 Å². The average molecular weight is 346 g/mol. The third-order valence-corrected chi connectivity index (χ3v) is 3.04. The minimum atomic E-state index is -4.47. The Labute approximate surface area is 122 Å². The van der Waals surface area contributed by atoms with E-state index in [0.29, 0.717) is 6.54 Å². The van der Waals surface area contributed by atoms with E-state index < -0.39 is 11.9 Å². The Balaban J connectivity index is 2.13. The molecule has 1 aromatic carbocycles. The Hall–Kier alpha value is -1.63. The summed E-state index contributed by atoms with van der Waals surface area (Å²) in [6.07, 6.45) is -4.47. The molecule has 1 N–H and O–H groups in total. The van der Waals surface area contributed by atoms with Crippen LogP contribution >= 0.6 is 15.9 Å². The fourth-order valence-corrected chi connectivity index (χ4v) is 1.84. The first kappa shape index (κ1) is 14.8. The van der Waals surface area contributed by atoms with Gasteiger partial charge in [-0.1, -0.05) is 28.1 Å². The first-order valence-electron chi connectivity index (χ1n) is 5.76. The monoisotopic (exact) mass is 345 g/mol. The molecule has 0 saturated heterocycles. The van der Waals surface area contributed by atoms with Crippen molar-refractivity contribution in [2.75, 3.05) is 5.32 Å². The minimum Gasteiger partial charge on any atom is -0.350 e. The van der Waals surface area contributed by atoms with E-state index in [2.05, 4.69) is 31.2 Å². The molecule has 0 aliphatic heterocycles. The number of rotatable bonds is 3. The number of benzene rings is 1. The largest absolute Gasteiger partial charge is 0.433 e. The predicted molar refractivity (Wildman–Crippen MR) is 73.2 cm³/mol. The smallest absolute Gasteiger partial charge is 0.350 e. The van der Waals surface area contributed by atoms with Gasteiger partial charge in [-0.25, -0.2) is 9.97 Å². The van der Waals surface area contributed by atoms with Gasteiger partial charge in [-0.15, -0.1) is 0 Å². The lowest BCUT2D eigenvalue weighted by Crippen LogP contribution is -2.12. The summed E-state index contributed by atoms with van der Waals surface area (Å²) >= 11 is 3.31. The number of nitrogens with zero attached hydrogens (tertiary/aromatic N) is 2. The third-order valence-electron chi connectivity index (χ3n) is 2.51. The van der Waals surface area contributed by atoms with Crippen LogP contribution in [0.3, 0.4) is 0 Å². The van der Waals surface area contributed by atoms with Crippen molar-refractivity contribution in [1.82, 2.24) is 9.97 Å². The quantitative estimate of drug-likeness (QED) is 0.906.